The van der Waals surface area contributed by atoms with Gasteiger partial charge in [0.1, 0.15) is 6.61 Å². The van der Waals surface area contributed by atoms with E-state index in [9.17, 15) is 10.1 Å². The number of anilines is 1. The fraction of sp³-hybridized carbons (Fsp3) is 0.333. The van der Waals surface area contributed by atoms with E-state index in [0.29, 0.717) is 23.2 Å². The van der Waals surface area contributed by atoms with E-state index in [2.05, 4.69) is 9.97 Å². The van der Waals surface area contributed by atoms with Crippen molar-refractivity contribution in [2.24, 2.45) is 0 Å². The molecule has 0 aliphatic rings. The topological polar surface area (TPSA) is 124 Å². The molecule has 23 heavy (non-hydrogen) atoms. The summed E-state index contributed by atoms with van der Waals surface area (Å²) in [4.78, 5) is 18.7. The number of rotatable bonds is 7. The monoisotopic (exact) mass is 318 g/mol. The molecule has 1 heterocycles. The molecule has 0 aliphatic carbocycles. The molecule has 8 heteroatoms. The summed E-state index contributed by atoms with van der Waals surface area (Å²) in [5, 5.41) is 19.7. The minimum Gasteiger partial charge on any atom is -0.475 e. The van der Waals surface area contributed by atoms with Crippen LogP contribution in [0.25, 0.3) is 11.1 Å². The molecule has 3 N–H and O–H groups in total. The van der Waals surface area contributed by atoms with Crippen LogP contribution in [0.15, 0.2) is 24.3 Å². The van der Waals surface area contributed by atoms with Crippen molar-refractivity contribution in [3.63, 3.8) is 0 Å². The number of ether oxygens (including phenoxy) is 1. The van der Waals surface area contributed by atoms with Gasteiger partial charge in [-0.2, -0.15) is 4.98 Å². The molecule has 0 amide bonds. The molecular formula is C15H18N4O4. The Kier molecular flexibility index (Phi) is 5.42. The third-order valence-corrected chi connectivity index (χ3v) is 3.15. The maximum Gasteiger partial charge on any atom is 0.269 e. The van der Waals surface area contributed by atoms with Gasteiger partial charge in [-0.25, -0.2) is 4.98 Å². The van der Waals surface area contributed by atoms with Gasteiger partial charge in [-0.3, -0.25) is 10.1 Å². The molecule has 0 saturated carbocycles. The lowest BCUT2D eigenvalue weighted by Gasteiger charge is -2.14. The summed E-state index contributed by atoms with van der Waals surface area (Å²) in [6.07, 6.45) is 1.50. The first-order valence-corrected chi connectivity index (χ1v) is 7.21. The summed E-state index contributed by atoms with van der Waals surface area (Å²) in [5.74, 6) is 0.357. The number of nitrogens with two attached hydrogens (primary N) is 1. The van der Waals surface area contributed by atoms with Crippen molar-refractivity contribution in [1.29, 1.82) is 0 Å². The summed E-state index contributed by atoms with van der Waals surface area (Å²) in [6.45, 7) is 1.92. The molecule has 8 nitrogen and oxygen atoms in total. The Morgan fingerprint density at radius 3 is 2.57 bits per heavy atom. The standard InChI is InChI=1S/C15H18N4O4/c1-2-3-12-13(10-4-6-11(7-5-10)19(21)22)14(23-9-8-20)18-15(16)17-12/h4-7,20H,2-3,8-9H2,1H3,(H2,16,17,18). The quantitative estimate of drug-likeness (QED) is 0.590. The van der Waals surface area contributed by atoms with Crippen molar-refractivity contribution in [3.05, 3.63) is 40.1 Å². The first-order chi connectivity index (χ1) is 11.1. The molecule has 0 bridgehead atoms. The van der Waals surface area contributed by atoms with Crippen molar-refractivity contribution in [2.75, 3.05) is 18.9 Å². The zero-order valence-electron chi connectivity index (χ0n) is 12.7. The lowest BCUT2D eigenvalue weighted by atomic mass is 10.0. The molecule has 1 aromatic heterocycles. The number of nitro groups is 1. The number of nitro benzene ring substituents is 1. The van der Waals surface area contributed by atoms with E-state index in [0.717, 1.165) is 6.42 Å². The Morgan fingerprint density at radius 2 is 2.00 bits per heavy atom. The summed E-state index contributed by atoms with van der Waals surface area (Å²) < 4.78 is 5.47. The van der Waals surface area contributed by atoms with Crippen LogP contribution in [0.5, 0.6) is 5.88 Å². The third kappa shape index (κ3) is 3.92. The van der Waals surface area contributed by atoms with Crippen LogP contribution < -0.4 is 10.5 Å². The molecule has 0 atom stereocenters. The predicted molar refractivity (Wildman–Crippen MR) is 85.1 cm³/mol. The lowest BCUT2D eigenvalue weighted by Crippen LogP contribution is -2.09. The summed E-state index contributed by atoms with van der Waals surface area (Å²) in [6, 6.07) is 6.07. The molecule has 0 fully saturated rings. The van der Waals surface area contributed by atoms with Gasteiger partial charge in [0.25, 0.3) is 5.69 Å². The maximum absolute atomic E-state index is 10.8. The van der Waals surface area contributed by atoms with Gasteiger partial charge in [0.2, 0.25) is 11.8 Å². The van der Waals surface area contributed by atoms with Crippen LogP contribution in [0, 0.1) is 10.1 Å². The second kappa shape index (κ2) is 7.50. The number of non-ortho nitro benzene ring substituents is 1. The first kappa shape index (κ1) is 16.6. The molecular weight excluding hydrogens is 300 g/mol. The molecule has 122 valence electrons. The number of hydrogen-bond donors (Lipinski definition) is 2. The maximum atomic E-state index is 10.8. The van der Waals surface area contributed by atoms with Gasteiger partial charge in [0.05, 0.1) is 22.8 Å². The van der Waals surface area contributed by atoms with Crippen molar-refractivity contribution in [1.82, 2.24) is 9.97 Å². The van der Waals surface area contributed by atoms with Gasteiger partial charge < -0.3 is 15.6 Å². The largest absolute Gasteiger partial charge is 0.475 e. The Hall–Kier alpha value is -2.74. The van der Waals surface area contributed by atoms with Crippen LogP contribution in [0.1, 0.15) is 19.0 Å². The van der Waals surface area contributed by atoms with Gasteiger partial charge in [-0.1, -0.05) is 13.3 Å². The molecule has 2 aromatic rings. The van der Waals surface area contributed by atoms with E-state index < -0.39 is 4.92 Å². The van der Waals surface area contributed by atoms with E-state index in [1.807, 2.05) is 6.92 Å². The number of nitrogen functional groups attached to an aromatic ring is 1. The zero-order chi connectivity index (χ0) is 16.8. The average Bonchev–Trinajstić information content (AvgIpc) is 2.53. The SMILES string of the molecule is CCCc1nc(N)nc(OCCO)c1-c1ccc([N+](=O)[O-])cc1. The Bertz CT molecular complexity index is 689. The highest BCUT2D eigenvalue weighted by Crippen LogP contribution is 2.33. The average molecular weight is 318 g/mol. The second-order valence-electron chi connectivity index (χ2n) is 4.83. The molecule has 2 rings (SSSR count). The molecule has 0 spiro atoms. The van der Waals surface area contributed by atoms with Gasteiger partial charge >= 0.3 is 0 Å². The normalized spacial score (nSPS) is 10.5. The highest BCUT2D eigenvalue weighted by Gasteiger charge is 2.17. The van der Waals surface area contributed by atoms with Crippen LogP contribution in [0.4, 0.5) is 11.6 Å². The van der Waals surface area contributed by atoms with E-state index in [-0.39, 0.29) is 30.7 Å². The first-order valence-electron chi connectivity index (χ1n) is 7.21. The second-order valence-corrected chi connectivity index (χ2v) is 4.83. The molecule has 0 radical (unpaired) electrons. The van der Waals surface area contributed by atoms with Crippen LogP contribution in [-0.2, 0) is 6.42 Å². The van der Waals surface area contributed by atoms with Crippen molar-refractivity contribution in [3.8, 4) is 17.0 Å². The lowest BCUT2D eigenvalue weighted by molar-refractivity contribution is -0.384. The summed E-state index contributed by atoms with van der Waals surface area (Å²) >= 11 is 0. The van der Waals surface area contributed by atoms with Crippen molar-refractivity contribution >= 4 is 11.6 Å². The van der Waals surface area contributed by atoms with Gasteiger partial charge in [-0.05, 0) is 24.1 Å². The highest BCUT2D eigenvalue weighted by molar-refractivity contribution is 5.72. The van der Waals surface area contributed by atoms with Gasteiger partial charge in [-0.15, -0.1) is 0 Å². The minimum atomic E-state index is -0.459. The number of hydrogen-bond acceptors (Lipinski definition) is 7. The molecule has 0 aliphatic heterocycles. The Morgan fingerprint density at radius 1 is 1.30 bits per heavy atom. The Balaban J connectivity index is 2.54. The van der Waals surface area contributed by atoms with Crippen molar-refractivity contribution < 1.29 is 14.8 Å². The fourth-order valence-electron chi connectivity index (χ4n) is 2.21. The molecule has 0 saturated heterocycles. The summed E-state index contributed by atoms with van der Waals surface area (Å²) in [5.41, 5.74) is 7.77. The molecule has 1 aromatic carbocycles. The number of aliphatic hydroxyl groups is 1. The highest BCUT2D eigenvalue weighted by atomic mass is 16.6. The van der Waals surface area contributed by atoms with Gasteiger partial charge in [0.15, 0.2) is 0 Å². The van der Waals surface area contributed by atoms with Crippen LogP contribution >= 0.6 is 0 Å². The number of aryl methyl sites for hydroxylation is 1. The number of aliphatic hydroxyl groups excluding tert-OH is 1. The molecule has 0 unspecified atom stereocenters. The smallest absolute Gasteiger partial charge is 0.269 e. The van der Waals surface area contributed by atoms with Gasteiger partial charge in [0, 0.05) is 12.1 Å². The summed E-state index contributed by atoms with van der Waals surface area (Å²) in [7, 11) is 0. The van der Waals surface area contributed by atoms with Crippen LogP contribution in [0.2, 0.25) is 0 Å². The fourth-order valence-corrected chi connectivity index (χ4v) is 2.21. The number of aromatic nitrogens is 2. The zero-order valence-corrected chi connectivity index (χ0v) is 12.7. The van der Waals surface area contributed by atoms with E-state index >= 15 is 0 Å². The minimum absolute atomic E-state index is 0.0000172. The number of benzene rings is 1. The van der Waals surface area contributed by atoms with Crippen LogP contribution in [-0.4, -0.2) is 33.2 Å². The van der Waals surface area contributed by atoms with E-state index in [1.165, 1.54) is 12.1 Å². The Labute approximate surface area is 133 Å². The van der Waals surface area contributed by atoms with E-state index in [4.69, 9.17) is 15.6 Å². The van der Waals surface area contributed by atoms with Crippen molar-refractivity contribution in [2.45, 2.75) is 19.8 Å². The number of nitrogens with zero attached hydrogens (tertiary/aromatic N) is 3. The van der Waals surface area contributed by atoms with Crippen LogP contribution in [0.3, 0.4) is 0 Å². The third-order valence-electron chi connectivity index (χ3n) is 3.15. The predicted octanol–water partition coefficient (Wildman–Crippen LogP) is 1.96. The van der Waals surface area contributed by atoms with E-state index in [1.54, 1.807) is 12.1 Å².